The first-order chi connectivity index (χ1) is 11.6. The van der Waals surface area contributed by atoms with Crippen molar-refractivity contribution in [3.63, 3.8) is 0 Å². The van der Waals surface area contributed by atoms with Gasteiger partial charge in [0.05, 0.1) is 12.0 Å². The lowest BCUT2D eigenvalue weighted by atomic mass is 9.83. The van der Waals surface area contributed by atoms with Crippen LogP contribution in [0.25, 0.3) is 0 Å². The molecule has 130 valence electrons. The summed E-state index contributed by atoms with van der Waals surface area (Å²) in [5.74, 6) is -0.664. The molecule has 0 bridgehead atoms. The van der Waals surface area contributed by atoms with Gasteiger partial charge in [0.25, 0.3) is 0 Å². The van der Waals surface area contributed by atoms with E-state index in [-0.39, 0.29) is 29.6 Å². The second-order valence-corrected chi connectivity index (χ2v) is 6.99. The van der Waals surface area contributed by atoms with E-state index in [9.17, 15) is 14.0 Å². The number of nitrogens with zero attached hydrogens (tertiary/aromatic N) is 1. The molecule has 1 saturated heterocycles. The Morgan fingerprint density at radius 1 is 1.21 bits per heavy atom. The van der Waals surface area contributed by atoms with E-state index in [4.69, 9.17) is 0 Å². The molecule has 1 aliphatic carbocycles. The maximum absolute atomic E-state index is 13.6. The van der Waals surface area contributed by atoms with Crippen molar-refractivity contribution in [3.8, 4) is 0 Å². The minimum absolute atomic E-state index is 0.00416. The first-order valence-electron chi connectivity index (χ1n) is 8.88. The predicted octanol–water partition coefficient (Wildman–Crippen LogP) is 3.18. The fourth-order valence-corrected chi connectivity index (χ4v) is 4.01. The SMILES string of the molecule is CN1C(=O)CC[C@H](C(=O)NC2CCCCC2)[C@@H]1c1cccc(F)c1. The van der Waals surface area contributed by atoms with Gasteiger partial charge in [0.1, 0.15) is 5.82 Å². The topological polar surface area (TPSA) is 49.4 Å². The van der Waals surface area contributed by atoms with Gasteiger partial charge >= 0.3 is 0 Å². The van der Waals surface area contributed by atoms with Gasteiger partial charge in [-0.05, 0) is 37.0 Å². The molecule has 4 nitrogen and oxygen atoms in total. The van der Waals surface area contributed by atoms with Gasteiger partial charge in [-0.1, -0.05) is 31.4 Å². The third kappa shape index (κ3) is 3.60. The normalized spacial score (nSPS) is 25.6. The molecule has 1 aliphatic heterocycles. The fraction of sp³-hybridized carbons (Fsp3) is 0.579. The number of carbonyl (C=O) groups is 2. The molecule has 3 rings (SSSR count). The zero-order valence-electron chi connectivity index (χ0n) is 14.1. The Morgan fingerprint density at radius 2 is 1.96 bits per heavy atom. The third-order valence-corrected chi connectivity index (χ3v) is 5.34. The van der Waals surface area contributed by atoms with Crippen LogP contribution < -0.4 is 5.32 Å². The molecule has 2 fully saturated rings. The number of piperidine rings is 1. The van der Waals surface area contributed by atoms with Crippen molar-refractivity contribution in [2.75, 3.05) is 7.05 Å². The van der Waals surface area contributed by atoms with E-state index in [1.807, 2.05) is 0 Å². The van der Waals surface area contributed by atoms with E-state index in [1.165, 1.54) is 18.6 Å². The lowest BCUT2D eigenvalue weighted by molar-refractivity contribution is -0.142. The quantitative estimate of drug-likeness (QED) is 0.924. The standard InChI is InChI=1S/C19H25FN2O2/c1-22-17(23)11-10-16(18(22)13-6-5-7-14(20)12-13)19(24)21-15-8-3-2-4-9-15/h5-7,12,15-16,18H,2-4,8-11H2,1H3,(H,21,24)/t16-,18-/m0/s1. The number of hydrogen-bond donors (Lipinski definition) is 1. The van der Waals surface area contributed by atoms with Crippen molar-refractivity contribution < 1.29 is 14.0 Å². The summed E-state index contributed by atoms with van der Waals surface area (Å²) in [5, 5.41) is 3.17. The van der Waals surface area contributed by atoms with Crippen LogP contribution in [0.15, 0.2) is 24.3 Å². The molecule has 0 radical (unpaired) electrons. The van der Waals surface area contributed by atoms with E-state index in [1.54, 1.807) is 24.1 Å². The van der Waals surface area contributed by atoms with E-state index in [0.717, 1.165) is 25.7 Å². The van der Waals surface area contributed by atoms with Crippen LogP contribution in [0.2, 0.25) is 0 Å². The monoisotopic (exact) mass is 332 g/mol. The van der Waals surface area contributed by atoms with Crippen molar-refractivity contribution in [1.29, 1.82) is 0 Å². The molecule has 0 spiro atoms. The molecular formula is C19H25FN2O2. The van der Waals surface area contributed by atoms with E-state index in [2.05, 4.69) is 5.32 Å². The molecule has 1 aromatic rings. The highest BCUT2D eigenvalue weighted by Gasteiger charge is 2.39. The van der Waals surface area contributed by atoms with Gasteiger partial charge in [-0.3, -0.25) is 9.59 Å². The highest BCUT2D eigenvalue weighted by Crippen LogP contribution is 2.36. The first-order valence-corrected chi connectivity index (χ1v) is 8.88. The molecule has 1 aromatic carbocycles. The van der Waals surface area contributed by atoms with Crippen molar-refractivity contribution in [2.24, 2.45) is 5.92 Å². The number of benzene rings is 1. The number of carbonyl (C=O) groups excluding carboxylic acids is 2. The molecule has 2 amide bonds. The summed E-state index contributed by atoms with van der Waals surface area (Å²) >= 11 is 0. The van der Waals surface area contributed by atoms with Crippen LogP contribution in [-0.4, -0.2) is 29.8 Å². The molecule has 2 aliphatic rings. The van der Waals surface area contributed by atoms with Gasteiger partial charge < -0.3 is 10.2 Å². The van der Waals surface area contributed by atoms with E-state index in [0.29, 0.717) is 18.4 Å². The second-order valence-electron chi connectivity index (χ2n) is 6.99. The van der Waals surface area contributed by atoms with Gasteiger partial charge in [0.15, 0.2) is 0 Å². The van der Waals surface area contributed by atoms with Crippen LogP contribution in [0.3, 0.4) is 0 Å². The molecule has 0 aromatic heterocycles. The molecule has 24 heavy (non-hydrogen) atoms. The fourth-order valence-electron chi connectivity index (χ4n) is 4.01. The maximum Gasteiger partial charge on any atom is 0.225 e. The highest BCUT2D eigenvalue weighted by molar-refractivity contribution is 5.85. The second kappa shape index (κ2) is 7.32. The summed E-state index contributed by atoms with van der Waals surface area (Å²) in [6, 6.07) is 6.08. The summed E-state index contributed by atoms with van der Waals surface area (Å²) in [5.41, 5.74) is 0.689. The largest absolute Gasteiger partial charge is 0.353 e. The lowest BCUT2D eigenvalue weighted by Gasteiger charge is -2.39. The Balaban J connectivity index is 1.80. The Bertz CT molecular complexity index is 613. The van der Waals surface area contributed by atoms with Crippen LogP contribution >= 0.6 is 0 Å². The molecule has 1 N–H and O–H groups in total. The van der Waals surface area contributed by atoms with Crippen LogP contribution in [0.4, 0.5) is 4.39 Å². The van der Waals surface area contributed by atoms with Crippen LogP contribution in [0.5, 0.6) is 0 Å². The molecular weight excluding hydrogens is 307 g/mol. The average molecular weight is 332 g/mol. The van der Waals surface area contributed by atoms with Gasteiger partial charge in [-0.25, -0.2) is 4.39 Å². The van der Waals surface area contributed by atoms with Crippen LogP contribution in [0, 0.1) is 11.7 Å². The van der Waals surface area contributed by atoms with Crippen molar-refractivity contribution >= 4 is 11.8 Å². The predicted molar refractivity (Wildman–Crippen MR) is 89.7 cm³/mol. The van der Waals surface area contributed by atoms with Crippen molar-refractivity contribution in [3.05, 3.63) is 35.6 Å². The number of hydrogen-bond acceptors (Lipinski definition) is 2. The van der Waals surface area contributed by atoms with Gasteiger partial charge in [-0.2, -0.15) is 0 Å². The Labute approximate surface area is 142 Å². The van der Waals surface area contributed by atoms with Crippen molar-refractivity contribution in [1.82, 2.24) is 10.2 Å². The summed E-state index contributed by atoms with van der Waals surface area (Å²) in [6.07, 6.45) is 6.48. The summed E-state index contributed by atoms with van der Waals surface area (Å²) < 4.78 is 13.6. The Kier molecular flexibility index (Phi) is 5.17. The minimum Gasteiger partial charge on any atom is -0.353 e. The van der Waals surface area contributed by atoms with Gasteiger partial charge in [0, 0.05) is 19.5 Å². The molecule has 1 saturated carbocycles. The van der Waals surface area contributed by atoms with Gasteiger partial charge in [0.2, 0.25) is 11.8 Å². The number of nitrogens with one attached hydrogen (secondary N) is 1. The number of likely N-dealkylation sites (tertiary alicyclic amines) is 1. The van der Waals surface area contributed by atoms with E-state index < -0.39 is 6.04 Å². The number of rotatable bonds is 3. The summed E-state index contributed by atoms with van der Waals surface area (Å²) in [7, 11) is 1.71. The maximum atomic E-state index is 13.6. The molecule has 2 atom stereocenters. The Morgan fingerprint density at radius 3 is 2.67 bits per heavy atom. The van der Waals surface area contributed by atoms with Crippen LogP contribution in [-0.2, 0) is 9.59 Å². The van der Waals surface area contributed by atoms with Crippen molar-refractivity contribution in [2.45, 2.75) is 57.0 Å². The van der Waals surface area contributed by atoms with E-state index >= 15 is 0 Å². The Hall–Kier alpha value is -1.91. The minimum atomic E-state index is -0.398. The summed E-state index contributed by atoms with van der Waals surface area (Å²) in [4.78, 5) is 26.6. The number of amides is 2. The number of halogens is 1. The average Bonchev–Trinajstić information content (AvgIpc) is 2.58. The molecule has 5 heteroatoms. The highest BCUT2D eigenvalue weighted by atomic mass is 19.1. The smallest absolute Gasteiger partial charge is 0.225 e. The zero-order chi connectivity index (χ0) is 17.1. The molecule has 1 heterocycles. The molecule has 0 unspecified atom stereocenters. The summed E-state index contributed by atoms with van der Waals surface area (Å²) in [6.45, 7) is 0. The zero-order valence-corrected chi connectivity index (χ0v) is 14.1. The third-order valence-electron chi connectivity index (χ3n) is 5.34. The first kappa shape index (κ1) is 16.9. The lowest BCUT2D eigenvalue weighted by Crippen LogP contribution is -2.48. The van der Waals surface area contributed by atoms with Gasteiger partial charge in [-0.15, -0.1) is 0 Å². The van der Waals surface area contributed by atoms with Crippen LogP contribution in [0.1, 0.15) is 56.6 Å².